The Kier molecular flexibility index (Phi) is 5.40. The number of hydrogen-bond acceptors (Lipinski definition) is 6. The Morgan fingerprint density at radius 3 is 2.62 bits per heavy atom. The minimum absolute atomic E-state index is 0.00289. The molecule has 3 aromatic heterocycles. The van der Waals surface area contributed by atoms with Crippen molar-refractivity contribution >= 4 is 28.0 Å². The summed E-state index contributed by atoms with van der Waals surface area (Å²) < 4.78 is 32.9. The first-order valence-corrected chi connectivity index (χ1v) is 10.6. The van der Waals surface area contributed by atoms with Crippen LogP contribution in [0.1, 0.15) is 6.92 Å². The van der Waals surface area contributed by atoms with Crippen LogP contribution < -0.4 is 15.6 Å². The zero-order chi connectivity index (χ0) is 23.8. The van der Waals surface area contributed by atoms with E-state index in [1.807, 2.05) is 36.7 Å². The number of rotatable bonds is 6. The smallest absolute Gasteiger partial charge is 0.387 e. The molecule has 0 unspecified atom stereocenters. The van der Waals surface area contributed by atoms with Crippen molar-refractivity contribution in [2.45, 2.75) is 13.5 Å². The summed E-state index contributed by atoms with van der Waals surface area (Å²) in [5.74, 6) is 0.377. The molecule has 3 heterocycles. The lowest BCUT2D eigenvalue weighted by Gasteiger charge is -2.14. The predicted molar refractivity (Wildman–Crippen MR) is 126 cm³/mol. The Morgan fingerprint density at radius 2 is 1.88 bits per heavy atom. The van der Waals surface area contributed by atoms with Crippen molar-refractivity contribution < 1.29 is 13.5 Å². The van der Waals surface area contributed by atoms with E-state index in [1.165, 1.54) is 16.7 Å². The molecule has 0 saturated carbocycles. The summed E-state index contributed by atoms with van der Waals surface area (Å²) in [4.78, 5) is 27.0. The third-order valence-electron chi connectivity index (χ3n) is 5.43. The Labute approximate surface area is 192 Å². The normalized spacial score (nSPS) is 11.4. The van der Waals surface area contributed by atoms with Gasteiger partial charge in [0.1, 0.15) is 5.75 Å². The van der Waals surface area contributed by atoms with Crippen LogP contribution in [0, 0.1) is 0 Å². The molecule has 0 fully saturated rings. The molecule has 8 nitrogen and oxygen atoms in total. The van der Waals surface area contributed by atoms with Crippen LogP contribution in [-0.4, -0.2) is 37.2 Å². The molecule has 0 aliphatic rings. The van der Waals surface area contributed by atoms with Crippen LogP contribution in [0.15, 0.2) is 65.8 Å². The monoisotopic (exact) mass is 462 g/mol. The lowest BCUT2D eigenvalue weighted by molar-refractivity contribution is -0.0498. The van der Waals surface area contributed by atoms with Crippen molar-refractivity contribution in [1.82, 2.24) is 24.1 Å². The van der Waals surface area contributed by atoms with Gasteiger partial charge in [-0.05, 0) is 55.0 Å². The SMILES string of the molecule is CCNc1ncc2cc(-c3ccc4ncn(C)c4c3)c(=O)n(-c3ccc(OC(F)F)cc3)c2n1. The van der Waals surface area contributed by atoms with Crippen molar-refractivity contribution in [1.29, 1.82) is 0 Å². The van der Waals surface area contributed by atoms with Crippen LogP contribution in [-0.2, 0) is 7.05 Å². The van der Waals surface area contributed by atoms with Crippen molar-refractivity contribution in [2.24, 2.45) is 7.05 Å². The molecule has 0 aliphatic carbocycles. The number of nitrogens with zero attached hydrogens (tertiary/aromatic N) is 5. The first-order valence-electron chi connectivity index (χ1n) is 10.6. The number of pyridine rings is 1. The Hall–Kier alpha value is -4.34. The molecule has 0 radical (unpaired) electrons. The highest BCUT2D eigenvalue weighted by Crippen LogP contribution is 2.26. The molecule has 1 N–H and O–H groups in total. The van der Waals surface area contributed by atoms with E-state index in [1.54, 1.807) is 30.7 Å². The second-order valence-corrected chi connectivity index (χ2v) is 7.63. The van der Waals surface area contributed by atoms with Gasteiger partial charge in [0.25, 0.3) is 5.56 Å². The summed E-state index contributed by atoms with van der Waals surface area (Å²) in [6.07, 6.45) is 3.36. The number of fused-ring (bicyclic) bond motifs is 2. The van der Waals surface area contributed by atoms with Gasteiger partial charge < -0.3 is 14.6 Å². The fraction of sp³-hybridized carbons (Fsp3) is 0.167. The largest absolute Gasteiger partial charge is 0.435 e. The van der Waals surface area contributed by atoms with Crippen LogP contribution in [0.4, 0.5) is 14.7 Å². The van der Waals surface area contributed by atoms with Crippen LogP contribution in [0.3, 0.4) is 0 Å². The topological polar surface area (TPSA) is 86.9 Å². The number of aryl methyl sites for hydroxylation is 1. The van der Waals surface area contributed by atoms with Crippen molar-refractivity contribution in [3.8, 4) is 22.6 Å². The molecule has 10 heteroatoms. The fourth-order valence-electron chi connectivity index (χ4n) is 3.86. The second kappa shape index (κ2) is 8.54. The molecular weight excluding hydrogens is 442 g/mol. The molecule has 5 rings (SSSR count). The number of nitrogens with one attached hydrogen (secondary N) is 1. The van der Waals surface area contributed by atoms with E-state index in [9.17, 15) is 13.6 Å². The van der Waals surface area contributed by atoms with E-state index in [0.29, 0.717) is 40.3 Å². The molecule has 0 atom stereocenters. The number of benzene rings is 2. The molecule has 2 aromatic carbocycles. The minimum Gasteiger partial charge on any atom is -0.435 e. The van der Waals surface area contributed by atoms with E-state index < -0.39 is 6.61 Å². The molecular formula is C24H20F2N6O2. The van der Waals surface area contributed by atoms with Gasteiger partial charge in [0.2, 0.25) is 5.95 Å². The van der Waals surface area contributed by atoms with Crippen LogP contribution >= 0.6 is 0 Å². The van der Waals surface area contributed by atoms with Gasteiger partial charge in [-0.3, -0.25) is 9.36 Å². The first kappa shape index (κ1) is 21.5. The quantitative estimate of drug-likeness (QED) is 0.403. The molecule has 0 amide bonds. The second-order valence-electron chi connectivity index (χ2n) is 7.63. The summed E-state index contributed by atoms with van der Waals surface area (Å²) in [5, 5.41) is 3.70. The maximum absolute atomic E-state index is 13.8. The number of imidazole rings is 1. The molecule has 0 bridgehead atoms. The number of ether oxygens (including phenoxy) is 1. The van der Waals surface area contributed by atoms with E-state index >= 15 is 0 Å². The highest BCUT2D eigenvalue weighted by Gasteiger charge is 2.16. The Bertz CT molecular complexity index is 1560. The van der Waals surface area contributed by atoms with E-state index in [4.69, 9.17) is 0 Å². The fourth-order valence-corrected chi connectivity index (χ4v) is 3.86. The average Bonchev–Trinajstić information content (AvgIpc) is 3.19. The van der Waals surface area contributed by atoms with Gasteiger partial charge in [0.15, 0.2) is 5.65 Å². The molecule has 34 heavy (non-hydrogen) atoms. The van der Waals surface area contributed by atoms with Gasteiger partial charge in [-0.1, -0.05) is 6.07 Å². The van der Waals surface area contributed by atoms with Crippen LogP contribution in [0.2, 0.25) is 0 Å². The third-order valence-corrected chi connectivity index (χ3v) is 5.43. The van der Waals surface area contributed by atoms with E-state index in [-0.39, 0.29) is 11.3 Å². The average molecular weight is 462 g/mol. The van der Waals surface area contributed by atoms with Gasteiger partial charge in [-0.25, -0.2) is 9.97 Å². The summed E-state index contributed by atoms with van der Waals surface area (Å²) in [6.45, 7) is -0.409. The molecule has 5 aromatic rings. The maximum atomic E-state index is 13.8. The lowest BCUT2D eigenvalue weighted by atomic mass is 10.0. The Balaban J connectivity index is 1.75. The molecule has 0 spiro atoms. The zero-order valence-corrected chi connectivity index (χ0v) is 18.4. The van der Waals surface area contributed by atoms with Crippen LogP contribution in [0.25, 0.3) is 38.9 Å². The Morgan fingerprint density at radius 1 is 1.09 bits per heavy atom. The highest BCUT2D eigenvalue weighted by atomic mass is 19.3. The predicted octanol–water partition coefficient (Wildman–Crippen LogP) is 4.37. The van der Waals surface area contributed by atoms with Crippen molar-refractivity contribution in [3.63, 3.8) is 0 Å². The number of halogens is 2. The van der Waals surface area contributed by atoms with Crippen LogP contribution in [0.5, 0.6) is 5.75 Å². The number of alkyl halides is 2. The highest BCUT2D eigenvalue weighted by molar-refractivity contribution is 5.86. The summed E-state index contributed by atoms with van der Waals surface area (Å²) in [7, 11) is 1.89. The van der Waals surface area contributed by atoms with Gasteiger partial charge in [-0.2, -0.15) is 13.8 Å². The maximum Gasteiger partial charge on any atom is 0.387 e. The van der Waals surface area contributed by atoms with Gasteiger partial charge in [0.05, 0.1) is 23.0 Å². The van der Waals surface area contributed by atoms with E-state index in [2.05, 4.69) is 25.0 Å². The summed E-state index contributed by atoms with van der Waals surface area (Å²) in [6, 6.07) is 13.2. The number of anilines is 1. The third kappa shape index (κ3) is 3.83. The van der Waals surface area contributed by atoms with Gasteiger partial charge >= 0.3 is 6.61 Å². The van der Waals surface area contributed by atoms with E-state index in [0.717, 1.165) is 11.0 Å². The number of aromatic nitrogens is 5. The van der Waals surface area contributed by atoms with Crippen molar-refractivity contribution in [3.05, 3.63) is 71.4 Å². The summed E-state index contributed by atoms with van der Waals surface area (Å²) in [5.41, 5.74) is 3.41. The minimum atomic E-state index is -2.94. The number of hydrogen-bond donors (Lipinski definition) is 1. The molecule has 172 valence electrons. The zero-order valence-electron chi connectivity index (χ0n) is 18.4. The van der Waals surface area contributed by atoms with Gasteiger partial charge in [0, 0.05) is 30.7 Å². The lowest BCUT2D eigenvalue weighted by Crippen LogP contribution is -2.22. The molecule has 0 aliphatic heterocycles. The standard InChI is InChI=1S/C24H20F2N6O2/c1-3-27-24-28-12-15-10-18(14-4-9-19-20(11-14)31(2)13-29-19)22(33)32(21(15)30-24)16-5-7-17(8-6-16)34-23(25)26/h4-13,23H,3H2,1-2H3,(H,27,28,30). The first-order chi connectivity index (χ1) is 16.4. The molecule has 0 saturated heterocycles. The van der Waals surface area contributed by atoms with Crippen molar-refractivity contribution in [2.75, 3.05) is 11.9 Å². The van der Waals surface area contributed by atoms with Gasteiger partial charge in [-0.15, -0.1) is 0 Å². The summed E-state index contributed by atoms with van der Waals surface area (Å²) >= 11 is 0.